The Balaban J connectivity index is 4.00. The van der Waals surface area contributed by atoms with Crippen molar-refractivity contribution in [3.8, 4) is 0 Å². The summed E-state index contributed by atoms with van der Waals surface area (Å²) in [6.45, 7) is 4.83. The molecule has 1 amide bonds. The summed E-state index contributed by atoms with van der Waals surface area (Å²) in [5, 5.41) is 14.0. The number of amides is 1. The molecule has 3 N–H and O–H groups in total. The molecular formula is C83H158N2O6P+. The van der Waals surface area contributed by atoms with Crippen LogP contribution in [0, 0.1) is 0 Å². The van der Waals surface area contributed by atoms with Crippen molar-refractivity contribution in [2.45, 2.75) is 411 Å². The molecule has 0 aliphatic rings. The number of nitrogens with one attached hydrogen (secondary N) is 1. The second kappa shape index (κ2) is 73.2. The fourth-order valence-electron chi connectivity index (χ4n) is 12.1. The minimum atomic E-state index is -4.37. The molecule has 0 aliphatic heterocycles. The number of aliphatic hydroxyl groups excluding tert-OH is 1. The SMILES string of the molecule is CCCCCCC/C=C\C/C=C\C/C=C\CCCCCCCCCCCCCCCCCCCCCCCCCCC(=O)NC(COP(=O)(O)OCC[N+](C)(C)C)C(O)/C=C/CC/C=C/CC/C=C/CCCCCCCCCCCCCCCCCCCCCCC. The van der Waals surface area contributed by atoms with Crippen molar-refractivity contribution in [3.63, 3.8) is 0 Å². The Bertz CT molecular complexity index is 1730. The Hall–Kier alpha value is -2.06. The van der Waals surface area contributed by atoms with Crippen molar-refractivity contribution < 1.29 is 32.9 Å². The molecule has 0 bridgehead atoms. The number of phosphoric acid groups is 1. The van der Waals surface area contributed by atoms with Gasteiger partial charge in [-0.25, -0.2) is 4.57 Å². The standard InChI is InChI=1S/C83H157N2O6P/c1-6-8-10-12-14-16-18-20-22-24-26-28-30-32-34-36-38-39-40-41-42-43-44-45-47-49-51-53-55-57-59-61-63-65-67-69-71-73-75-77-83(87)84-81(80-91-92(88,89)90-79-78-85(3,4)5)82(86)76-74-72-70-68-66-64-62-60-58-56-54-52-50-48-46-37-35-33-31-29-27-25-23-21-19-17-15-13-11-9-7-2/h18,20,24,26,30,32,58,60,66,68,74,76,81-82,86H,6-17,19,21-23,25,27-29,31,33-57,59,61-65,67,69-73,75,77-80H2,1-5H3,(H-,84,87,88,89)/p+1/b20-18-,26-24-,32-30-,60-58+,68-66+,76-74+. The lowest BCUT2D eigenvalue weighted by Gasteiger charge is -2.25. The smallest absolute Gasteiger partial charge is 0.387 e. The van der Waals surface area contributed by atoms with Gasteiger partial charge in [-0.2, -0.15) is 0 Å². The molecule has 8 nitrogen and oxygen atoms in total. The second-order valence-electron chi connectivity index (χ2n) is 28.8. The van der Waals surface area contributed by atoms with Gasteiger partial charge in [0.05, 0.1) is 39.9 Å². The number of unbranched alkanes of at least 4 members (excludes halogenated alkanes) is 52. The van der Waals surface area contributed by atoms with Gasteiger partial charge in [-0.05, 0) is 83.5 Å². The summed E-state index contributed by atoms with van der Waals surface area (Å²) in [5.41, 5.74) is 0. The Morgan fingerprint density at radius 2 is 0.630 bits per heavy atom. The van der Waals surface area contributed by atoms with Gasteiger partial charge in [-0.15, -0.1) is 0 Å². The summed E-state index contributed by atoms with van der Waals surface area (Å²) < 4.78 is 23.9. The highest BCUT2D eigenvalue weighted by Gasteiger charge is 2.28. The van der Waals surface area contributed by atoms with E-state index < -0.39 is 20.0 Å². The van der Waals surface area contributed by atoms with Gasteiger partial charge in [0, 0.05) is 6.42 Å². The highest BCUT2D eigenvalue weighted by Crippen LogP contribution is 2.43. The fourth-order valence-corrected chi connectivity index (χ4v) is 12.9. The van der Waals surface area contributed by atoms with Crippen LogP contribution in [0.1, 0.15) is 399 Å². The number of phosphoric ester groups is 1. The monoisotopic (exact) mass is 1310 g/mol. The van der Waals surface area contributed by atoms with Crippen molar-refractivity contribution >= 4 is 13.7 Å². The molecule has 0 spiro atoms. The van der Waals surface area contributed by atoms with E-state index in [1.54, 1.807) is 6.08 Å². The zero-order chi connectivity index (χ0) is 66.9. The molecule has 0 radical (unpaired) electrons. The third-order valence-corrected chi connectivity index (χ3v) is 19.4. The number of carbonyl (C=O) groups is 1. The van der Waals surface area contributed by atoms with Crippen molar-refractivity contribution in [2.75, 3.05) is 40.9 Å². The number of nitrogens with zero attached hydrogens (tertiary/aromatic N) is 1. The predicted molar refractivity (Wildman–Crippen MR) is 406 cm³/mol. The first-order valence-corrected chi connectivity index (χ1v) is 41.8. The summed E-state index contributed by atoms with van der Waals surface area (Å²) in [4.78, 5) is 23.5. The van der Waals surface area contributed by atoms with Gasteiger partial charge in [0.2, 0.25) is 5.91 Å². The molecular weight excluding hydrogens is 1150 g/mol. The lowest BCUT2D eigenvalue weighted by molar-refractivity contribution is -0.870. The van der Waals surface area contributed by atoms with Crippen LogP contribution in [0.15, 0.2) is 72.9 Å². The van der Waals surface area contributed by atoms with Gasteiger partial charge in [0.15, 0.2) is 0 Å². The van der Waals surface area contributed by atoms with Crippen LogP contribution in [-0.2, 0) is 18.4 Å². The molecule has 92 heavy (non-hydrogen) atoms. The van der Waals surface area contributed by atoms with Crippen molar-refractivity contribution in [3.05, 3.63) is 72.9 Å². The van der Waals surface area contributed by atoms with E-state index >= 15 is 0 Å². The Morgan fingerprint density at radius 1 is 0.370 bits per heavy atom. The predicted octanol–water partition coefficient (Wildman–Crippen LogP) is 26.5. The molecule has 0 fully saturated rings. The van der Waals surface area contributed by atoms with Crippen LogP contribution in [0.5, 0.6) is 0 Å². The maximum absolute atomic E-state index is 13.1. The van der Waals surface area contributed by atoms with E-state index in [9.17, 15) is 19.4 Å². The highest BCUT2D eigenvalue weighted by molar-refractivity contribution is 7.47. The van der Waals surface area contributed by atoms with Gasteiger partial charge >= 0.3 is 7.82 Å². The summed E-state index contributed by atoms with van der Waals surface area (Å²) >= 11 is 0. The van der Waals surface area contributed by atoms with Crippen LogP contribution in [0.4, 0.5) is 0 Å². The average molecular weight is 1310 g/mol. The molecule has 3 atom stereocenters. The van der Waals surface area contributed by atoms with E-state index in [0.29, 0.717) is 17.4 Å². The quantitative estimate of drug-likeness (QED) is 0.0243. The molecule has 0 saturated heterocycles. The van der Waals surface area contributed by atoms with Crippen molar-refractivity contribution in [1.29, 1.82) is 0 Å². The van der Waals surface area contributed by atoms with E-state index in [-0.39, 0.29) is 19.1 Å². The number of rotatable bonds is 75. The van der Waals surface area contributed by atoms with Crippen LogP contribution in [0.3, 0.4) is 0 Å². The summed E-state index contributed by atoms with van der Waals surface area (Å²) in [5.74, 6) is -0.184. The third kappa shape index (κ3) is 75.3. The van der Waals surface area contributed by atoms with E-state index in [0.717, 1.165) is 57.8 Å². The Labute approximate surface area is 574 Å². The van der Waals surface area contributed by atoms with E-state index in [2.05, 4.69) is 79.9 Å². The molecule has 0 rings (SSSR count). The Morgan fingerprint density at radius 3 is 0.946 bits per heavy atom. The largest absolute Gasteiger partial charge is 0.472 e. The number of carbonyl (C=O) groups excluding carboxylic acids is 1. The maximum Gasteiger partial charge on any atom is 0.472 e. The fraction of sp³-hybridized carbons (Fsp3) is 0.843. The van der Waals surface area contributed by atoms with E-state index in [1.807, 2.05) is 27.2 Å². The molecule has 9 heteroatoms. The van der Waals surface area contributed by atoms with Gasteiger partial charge in [0.25, 0.3) is 0 Å². The molecule has 0 aromatic heterocycles. The lowest BCUT2D eigenvalue weighted by Crippen LogP contribution is -2.45. The van der Waals surface area contributed by atoms with Gasteiger partial charge in [0.1, 0.15) is 13.2 Å². The topological polar surface area (TPSA) is 105 Å². The molecule has 0 aliphatic carbocycles. The van der Waals surface area contributed by atoms with Crippen LogP contribution >= 0.6 is 7.82 Å². The van der Waals surface area contributed by atoms with Gasteiger partial charge < -0.3 is 19.8 Å². The number of aliphatic hydroxyl groups is 1. The highest BCUT2D eigenvalue weighted by atomic mass is 31.2. The summed E-state index contributed by atoms with van der Waals surface area (Å²) in [6.07, 6.45) is 104. The van der Waals surface area contributed by atoms with E-state index in [4.69, 9.17) is 9.05 Å². The normalized spacial score (nSPS) is 13.9. The second-order valence-corrected chi connectivity index (χ2v) is 30.2. The maximum atomic E-state index is 13.1. The number of hydrogen-bond donors (Lipinski definition) is 3. The first-order valence-electron chi connectivity index (χ1n) is 40.3. The molecule has 0 aromatic rings. The average Bonchev–Trinajstić information content (AvgIpc) is 2.63. The van der Waals surface area contributed by atoms with Crippen LogP contribution in [0.25, 0.3) is 0 Å². The minimum absolute atomic E-state index is 0.0535. The lowest BCUT2D eigenvalue weighted by atomic mass is 10.0. The van der Waals surface area contributed by atoms with Crippen LogP contribution in [0.2, 0.25) is 0 Å². The molecule has 0 aromatic carbocycles. The third-order valence-electron chi connectivity index (χ3n) is 18.4. The molecule has 0 saturated carbocycles. The van der Waals surface area contributed by atoms with Crippen molar-refractivity contribution in [2.24, 2.45) is 0 Å². The zero-order valence-electron chi connectivity index (χ0n) is 62.1. The number of likely N-dealkylation sites (N-methyl/N-ethyl adjacent to an activating group) is 1. The first kappa shape index (κ1) is 89.9. The van der Waals surface area contributed by atoms with Crippen LogP contribution in [-0.4, -0.2) is 73.4 Å². The van der Waals surface area contributed by atoms with E-state index in [1.165, 1.54) is 321 Å². The first-order chi connectivity index (χ1) is 45.0. The molecule has 3 unspecified atom stereocenters. The van der Waals surface area contributed by atoms with Gasteiger partial charge in [-0.3, -0.25) is 13.8 Å². The van der Waals surface area contributed by atoms with Gasteiger partial charge in [-0.1, -0.05) is 382 Å². The molecule has 0 heterocycles. The van der Waals surface area contributed by atoms with Crippen LogP contribution < -0.4 is 5.32 Å². The Kier molecular flexibility index (Phi) is 71.6. The zero-order valence-corrected chi connectivity index (χ0v) is 62.9. The summed E-state index contributed by atoms with van der Waals surface area (Å²) in [6, 6.07) is -0.873. The number of hydrogen-bond acceptors (Lipinski definition) is 5. The molecule has 540 valence electrons. The summed E-state index contributed by atoms with van der Waals surface area (Å²) in [7, 11) is 1.56. The minimum Gasteiger partial charge on any atom is -0.387 e. The number of quaternary nitrogens is 1. The number of allylic oxidation sites excluding steroid dienone is 11. The van der Waals surface area contributed by atoms with Crippen molar-refractivity contribution in [1.82, 2.24) is 5.32 Å².